The van der Waals surface area contributed by atoms with E-state index < -0.39 is 5.41 Å². The van der Waals surface area contributed by atoms with Crippen LogP contribution in [0.3, 0.4) is 0 Å². The van der Waals surface area contributed by atoms with Crippen molar-refractivity contribution in [2.24, 2.45) is 0 Å². The minimum Gasteiger partial charge on any atom is -0.456 e. The van der Waals surface area contributed by atoms with E-state index in [-0.39, 0.29) is 0 Å². The molecule has 0 amide bonds. The minimum atomic E-state index is -0.560. The zero-order chi connectivity index (χ0) is 32.4. The normalized spacial score (nSPS) is 15.2. The molecule has 2 aliphatic rings. The lowest BCUT2D eigenvalue weighted by atomic mass is 9.65. The molecule has 1 heterocycles. The zero-order valence-electron chi connectivity index (χ0n) is 26.8. The molecule has 8 aromatic rings. The number of fused-ring (bicyclic) bond motifs is 11. The standard InChI is InChI=1S/C47H31NO/c1-3-13-32(14-4-1)33-23-26-36(27-24-33)48(35-16-5-2-6-17-35)37-28-29-40-39-19-9-10-20-41(39)47(44(40)31-37)42-21-11-12-22-45(42)49-46-38-18-8-7-15-34(38)25-30-43(46)47/h1-31H. The minimum absolute atomic E-state index is 0.560. The van der Waals surface area contributed by atoms with Crippen LogP contribution in [-0.4, -0.2) is 0 Å². The molecule has 49 heavy (non-hydrogen) atoms. The number of nitrogens with zero attached hydrogens (tertiary/aromatic N) is 1. The number of para-hydroxylation sites is 2. The highest BCUT2D eigenvalue weighted by Crippen LogP contribution is 2.63. The monoisotopic (exact) mass is 625 g/mol. The van der Waals surface area contributed by atoms with Crippen LogP contribution in [0.2, 0.25) is 0 Å². The Bertz CT molecular complexity index is 2520. The summed E-state index contributed by atoms with van der Waals surface area (Å²) in [7, 11) is 0. The molecule has 0 saturated heterocycles. The Labute approximate surface area is 286 Å². The summed E-state index contributed by atoms with van der Waals surface area (Å²) >= 11 is 0. The van der Waals surface area contributed by atoms with Crippen LogP contribution in [-0.2, 0) is 5.41 Å². The highest BCUT2D eigenvalue weighted by atomic mass is 16.5. The predicted molar refractivity (Wildman–Crippen MR) is 201 cm³/mol. The average molecular weight is 626 g/mol. The Kier molecular flexibility index (Phi) is 6.13. The van der Waals surface area contributed by atoms with Crippen molar-refractivity contribution in [3.8, 4) is 33.8 Å². The second-order valence-electron chi connectivity index (χ2n) is 12.9. The molecule has 1 spiro atoms. The number of rotatable bonds is 4. The molecule has 0 aromatic heterocycles. The predicted octanol–water partition coefficient (Wildman–Crippen LogP) is 12.4. The first kappa shape index (κ1) is 27.7. The van der Waals surface area contributed by atoms with Gasteiger partial charge in [-0.05, 0) is 81.2 Å². The van der Waals surface area contributed by atoms with Gasteiger partial charge in [0.05, 0.1) is 5.41 Å². The summed E-state index contributed by atoms with van der Waals surface area (Å²) in [5.41, 5.74) is 12.6. The van der Waals surface area contributed by atoms with Gasteiger partial charge < -0.3 is 9.64 Å². The largest absolute Gasteiger partial charge is 0.456 e. The lowest BCUT2D eigenvalue weighted by molar-refractivity contribution is 0.441. The van der Waals surface area contributed by atoms with E-state index in [0.717, 1.165) is 33.9 Å². The molecule has 230 valence electrons. The number of anilines is 3. The summed E-state index contributed by atoms with van der Waals surface area (Å²) in [5, 5.41) is 2.30. The molecular formula is C47H31NO. The number of benzene rings is 8. The Hall–Kier alpha value is -6.38. The van der Waals surface area contributed by atoms with E-state index in [9.17, 15) is 0 Å². The fraction of sp³-hybridized carbons (Fsp3) is 0.0213. The third-order valence-corrected chi connectivity index (χ3v) is 10.3. The molecule has 8 aromatic carbocycles. The average Bonchev–Trinajstić information content (AvgIpc) is 3.46. The third kappa shape index (κ3) is 4.07. The van der Waals surface area contributed by atoms with Crippen molar-refractivity contribution in [2.75, 3.05) is 4.90 Å². The van der Waals surface area contributed by atoms with Crippen molar-refractivity contribution in [3.05, 3.63) is 210 Å². The van der Waals surface area contributed by atoms with Crippen molar-refractivity contribution >= 4 is 27.8 Å². The molecule has 0 N–H and O–H groups in total. The molecule has 0 fully saturated rings. The Morgan fingerprint density at radius 2 is 1.00 bits per heavy atom. The highest BCUT2D eigenvalue weighted by molar-refractivity contribution is 5.96. The Balaban J connectivity index is 1.24. The molecule has 2 nitrogen and oxygen atoms in total. The molecule has 1 aliphatic carbocycles. The molecule has 0 radical (unpaired) electrons. The quantitative estimate of drug-likeness (QED) is 0.193. The van der Waals surface area contributed by atoms with Crippen molar-refractivity contribution in [1.82, 2.24) is 0 Å². The maximum Gasteiger partial charge on any atom is 0.140 e. The molecular weight excluding hydrogens is 595 g/mol. The van der Waals surface area contributed by atoms with Crippen LogP contribution in [0.4, 0.5) is 17.1 Å². The smallest absolute Gasteiger partial charge is 0.140 e. The van der Waals surface area contributed by atoms with Crippen LogP contribution in [0, 0.1) is 0 Å². The molecule has 2 heteroatoms. The first-order chi connectivity index (χ1) is 24.3. The van der Waals surface area contributed by atoms with E-state index in [0.29, 0.717) is 0 Å². The SMILES string of the molecule is c1ccc(-c2ccc(N(c3ccccc3)c3ccc4c(c3)C3(c5ccccc5Oc5c3ccc3ccccc53)c3ccccc3-4)cc2)cc1. The van der Waals surface area contributed by atoms with Crippen molar-refractivity contribution < 1.29 is 4.74 Å². The van der Waals surface area contributed by atoms with Gasteiger partial charge in [-0.25, -0.2) is 0 Å². The fourth-order valence-electron chi connectivity index (χ4n) is 8.21. The van der Waals surface area contributed by atoms with Crippen molar-refractivity contribution in [3.63, 3.8) is 0 Å². The summed E-state index contributed by atoms with van der Waals surface area (Å²) in [6.07, 6.45) is 0. The first-order valence-corrected chi connectivity index (χ1v) is 16.9. The number of ether oxygens (including phenoxy) is 1. The van der Waals surface area contributed by atoms with Gasteiger partial charge in [-0.1, -0.05) is 146 Å². The van der Waals surface area contributed by atoms with E-state index in [1.807, 2.05) is 0 Å². The first-order valence-electron chi connectivity index (χ1n) is 16.9. The van der Waals surface area contributed by atoms with E-state index in [1.54, 1.807) is 0 Å². The summed E-state index contributed by atoms with van der Waals surface area (Å²) in [6, 6.07) is 67.8. The van der Waals surface area contributed by atoms with Gasteiger partial charge in [0.15, 0.2) is 0 Å². The van der Waals surface area contributed by atoms with Crippen LogP contribution in [0.25, 0.3) is 33.0 Å². The highest BCUT2D eigenvalue weighted by Gasteiger charge is 2.51. The van der Waals surface area contributed by atoms with E-state index >= 15 is 0 Å². The summed E-state index contributed by atoms with van der Waals surface area (Å²) < 4.78 is 6.86. The maximum atomic E-state index is 6.86. The lowest BCUT2D eigenvalue weighted by Crippen LogP contribution is -2.32. The van der Waals surface area contributed by atoms with Gasteiger partial charge in [-0.2, -0.15) is 0 Å². The molecule has 1 aliphatic heterocycles. The lowest BCUT2D eigenvalue weighted by Gasteiger charge is -2.40. The number of hydrogen-bond donors (Lipinski definition) is 0. The van der Waals surface area contributed by atoms with Gasteiger partial charge in [0, 0.05) is 33.6 Å². The Morgan fingerprint density at radius 1 is 0.388 bits per heavy atom. The van der Waals surface area contributed by atoms with E-state index in [4.69, 9.17) is 4.74 Å². The molecule has 0 bridgehead atoms. The van der Waals surface area contributed by atoms with Gasteiger partial charge in [0.25, 0.3) is 0 Å². The molecule has 10 rings (SSSR count). The van der Waals surface area contributed by atoms with Crippen LogP contribution in [0.5, 0.6) is 11.5 Å². The van der Waals surface area contributed by atoms with E-state index in [1.165, 1.54) is 49.9 Å². The number of hydrogen-bond acceptors (Lipinski definition) is 2. The van der Waals surface area contributed by atoms with Gasteiger partial charge in [-0.3, -0.25) is 0 Å². The third-order valence-electron chi connectivity index (χ3n) is 10.3. The summed E-state index contributed by atoms with van der Waals surface area (Å²) in [6.45, 7) is 0. The second kappa shape index (κ2) is 10.8. The molecule has 0 saturated carbocycles. The fourth-order valence-corrected chi connectivity index (χ4v) is 8.21. The van der Waals surface area contributed by atoms with Crippen LogP contribution < -0.4 is 9.64 Å². The zero-order valence-corrected chi connectivity index (χ0v) is 26.8. The molecule has 1 atom stereocenters. The van der Waals surface area contributed by atoms with Crippen molar-refractivity contribution in [1.29, 1.82) is 0 Å². The van der Waals surface area contributed by atoms with E-state index in [2.05, 4.69) is 193 Å². The van der Waals surface area contributed by atoms with Crippen LogP contribution in [0.1, 0.15) is 22.3 Å². The van der Waals surface area contributed by atoms with Gasteiger partial charge in [-0.15, -0.1) is 0 Å². The molecule has 1 unspecified atom stereocenters. The summed E-state index contributed by atoms with van der Waals surface area (Å²) in [4.78, 5) is 2.37. The Morgan fingerprint density at radius 3 is 1.84 bits per heavy atom. The maximum absolute atomic E-state index is 6.86. The van der Waals surface area contributed by atoms with Gasteiger partial charge >= 0.3 is 0 Å². The van der Waals surface area contributed by atoms with Crippen LogP contribution >= 0.6 is 0 Å². The van der Waals surface area contributed by atoms with Crippen molar-refractivity contribution in [2.45, 2.75) is 5.41 Å². The van der Waals surface area contributed by atoms with Crippen LogP contribution in [0.15, 0.2) is 188 Å². The topological polar surface area (TPSA) is 12.5 Å². The van der Waals surface area contributed by atoms with Gasteiger partial charge in [0.2, 0.25) is 0 Å². The second-order valence-corrected chi connectivity index (χ2v) is 12.9. The summed E-state index contributed by atoms with van der Waals surface area (Å²) in [5.74, 6) is 1.83. The van der Waals surface area contributed by atoms with Gasteiger partial charge in [0.1, 0.15) is 11.5 Å².